The fourth-order valence-electron chi connectivity index (χ4n) is 1.27. The topological polar surface area (TPSA) is 72.2 Å². The van der Waals surface area contributed by atoms with Crippen molar-refractivity contribution >= 4 is 41.9 Å². The minimum absolute atomic E-state index is 0.174. The molecule has 1 unspecified atom stereocenters. The molecule has 1 aromatic rings. The van der Waals surface area contributed by atoms with Gasteiger partial charge in [0.2, 0.25) is 10.0 Å². The van der Waals surface area contributed by atoms with Gasteiger partial charge in [0.05, 0.1) is 4.90 Å². The van der Waals surface area contributed by atoms with Crippen molar-refractivity contribution in [3.8, 4) is 0 Å². The summed E-state index contributed by atoms with van der Waals surface area (Å²) in [6, 6.07) is 3.17. The Bertz CT molecular complexity index is 532. The third-order valence-electron chi connectivity index (χ3n) is 2.56. The molecule has 102 valence electrons. The fraction of sp³-hybridized carbons (Fsp3) is 0.455. The summed E-state index contributed by atoms with van der Waals surface area (Å²) in [4.78, 5) is 0.211. The number of nitrogens with two attached hydrogens (primary N) is 1. The van der Waals surface area contributed by atoms with Crippen LogP contribution in [0.5, 0.6) is 0 Å². The molecule has 0 saturated carbocycles. The summed E-state index contributed by atoms with van der Waals surface area (Å²) < 4.78 is 28.0. The smallest absolute Gasteiger partial charge is 0.241 e. The number of hydrogen-bond acceptors (Lipinski definition) is 3. The predicted octanol–water partition coefficient (Wildman–Crippen LogP) is 2.54. The molecule has 1 aromatic carbocycles. The molecule has 0 radical (unpaired) electrons. The van der Waals surface area contributed by atoms with Crippen LogP contribution in [0.25, 0.3) is 0 Å². The van der Waals surface area contributed by atoms with Gasteiger partial charge in [-0.15, -0.1) is 0 Å². The number of rotatable bonds is 5. The van der Waals surface area contributed by atoms with E-state index in [4.69, 9.17) is 5.73 Å². The van der Waals surface area contributed by atoms with Gasteiger partial charge in [0, 0.05) is 21.5 Å². The van der Waals surface area contributed by atoms with Gasteiger partial charge in [-0.1, -0.05) is 22.9 Å². The van der Waals surface area contributed by atoms with Gasteiger partial charge in [-0.25, -0.2) is 13.1 Å². The third kappa shape index (κ3) is 4.03. The van der Waals surface area contributed by atoms with Crippen LogP contribution >= 0.6 is 31.9 Å². The molecule has 0 bridgehead atoms. The number of aryl methyl sites for hydroxylation is 1. The SMILES string of the molecule is CCC(N)CNS(=O)(=O)c1cc(Br)c(C)cc1Br. The minimum Gasteiger partial charge on any atom is -0.327 e. The van der Waals surface area contributed by atoms with Crippen LogP contribution in [0.1, 0.15) is 18.9 Å². The highest BCUT2D eigenvalue weighted by atomic mass is 79.9. The Labute approximate surface area is 125 Å². The van der Waals surface area contributed by atoms with Crippen LogP contribution < -0.4 is 10.5 Å². The third-order valence-corrected chi connectivity index (χ3v) is 5.80. The second-order valence-corrected chi connectivity index (χ2v) is 7.50. The van der Waals surface area contributed by atoms with E-state index in [-0.39, 0.29) is 17.5 Å². The Balaban J connectivity index is 3.02. The zero-order valence-corrected chi connectivity index (χ0v) is 14.2. The zero-order chi connectivity index (χ0) is 13.9. The van der Waals surface area contributed by atoms with Gasteiger partial charge >= 0.3 is 0 Å². The predicted molar refractivity (Wildman–Crippen MR) is 80.0 cm³/mol. The summed E-state index contributed by atoms with van der Waals surface area (Å²) >= 11 is 6.60. The normalized spacial score (nSPS) is 13.6. The Morgan fingerprint density at radius 2 is 1.94 bits per heavy atom. The van der Waals surface area contributed by atoms with E-state index in [1.54, 1.807) is 12.1 Å². The van der Waals surface area contributed by atoms with Crippen molar-refractivity contribution < 1.29 is 8.42 Å². The lowest BCUT2D eigenvalue weighted by Crippen LogP contribution is -2.36. The highest BCUT2D eigenvalue weighted by Gasteiger charge is 2.19. The molecule has 0 aliphatic rings. The van der Waals surface area contributed by atoms with Crippen LogP contribution in [-0.4, -0.2) is 21.0 Å². The summed E-state index contributed by atoms with van der Waals surface area (Å²) in [6.45, 7) is 4.04. The van der Waals surface area contributed by atoms with Crippen LogP contribution in [-0.2, 0) is 10.0 Å². The number of sulfonamides is 1. The number of benzene rings is 1. The van der Waals surface area contributed by atoms with Gasteiger partial charge in [-0.3, -0.25) is 0 Å². The van der Waals surface area contributed by atoms with Gasteiger partial charge in [-0.05, 0) is 47.0 Å². The van der Waals surface area contributed by atoms with E-state index in [0.29, 0.717) is 4.47 Å². The standard InChI is InChI=1S/C11H16Br2N2O2S/c1-3-8(14)6-15-18(16,17)11-5-9(12)7(2)4-10(11)13/h4-5,8,15H,3,6,14H2,1-2H3. The maximum absolute atomic E-state index is 12.1. The molecular weight excluding hydrogens is 384 g/mol. The van der Waals surface area contributed by atoms with E-state index in [9.17, 15) is 8.42 Å². The molecule has 0 aromatic heterocycles. The maximum atomic E-state index is 12.1. The van der Waals surface area contributed by atoms with Crippen molar-refractivity contribution in [1.82, 2.24) is 4.72 Å². The average Bonchev–Trinajstić information content (AvgIpc) is 2.30. The zero-order valence-electron chi connectivity index (χ0n) is 10.2. The lowest BCUT2D eigenvalue weighted by atomic mass is 10.2. The van der Waals surface area contributed by atoms with Crippen LogP contribution in [0.4, 0.5) is 0 Å². The molecule has 4 nitrogen and oxygen atoms in total. The van der Waals surface area contributed by atoms with Crippen molar-refractivity contribution in [3.05, 3.63) is 26.6 Å². The van der Waals surface area contributed by atoms with Gasteiger partial charge in [-0.2, -0.15) is 0 Å². The Morgan fingerprint density at radius 3 is 2.50 bits per heavy atom. The Hall–Kier alpha value is 0.0500. The van der Waals surface area contributed by atoms with E-state index >= 15 is 0 Å². The van der Waals surface area contributed by atoms with E-state index < -0.39 is 10.0 Å². The molecule has 3 N–H and O–H groups in total. The van der Waals surface area contributed by atoms with E-state index in [1.807, 2.05) is 13.8 Å². The van der Waals surface area contributed by atoms with E-state index in [0.717, 1.165) is 16.5 Å². The monoisotopic (exact) mass is 398 g/mol. The molecule has 0 saturated heterocycles. The molecule has 0 aliphatic carbocycles. The molecule has 0 amide bonds. The van der Waals surface area contributed by atoms with Gasteiger partial charge in [0.15, 0.2) is 0 Å². The second kappa shape index (κ2) is 6.47. The van der Waals surface area contributed by atoms with Gasteiger partial charge in [0.25, 0.3) is 0 Å². The fourth-order valence-corrected chi connectivity index (χ4v) is 4.04. The lowest BCUT2D eigenvalue weighted by Gasteiger charge is -2.13. The number of nitrogens with one attached hydrogen (secondary N) is 1. The molecule has 0 fully saturated rings. The summed E-state index contributed by atoms with van der Waals surface area (Å²) in [5, 5.41) is 0. The largest absolute Gasteiger partial charge is 0.327 e. The van der Waals surface area contributed by atoms with Gasteiger partial charge < -0.3 is 5.73 Å². The quantitative estimate of drug-likeness (QED) is 0.798. The number of hydrogen-bond donors (Lipinski definition) is 2. The summed E-state index contributed by atoms with van der Waals surface area (Å²) in [7, 11) is -3.54. The molecule has 18 heavy (non-hydrogen) atoms. The van der Waals surface area contributed by atoms with Gasteiger partial charge in [0.1, 0.15) is 0 Å². The van der Waals surface area contributed by atoms with Crippen molar-refractivity contribution in [2.45, 2.75) is 31.2 Å². The Morgan fingerprint density at radius 1 is 1.33 bits per heavy atom. The molecule has 1 rings (SSSR count). The number of halogens is 2. The second-order valence-electron chi connectivity index (χ2n) is 4.05. The van der Waals surface area contributed by atoms with Crippen molar-refractivity contribution in [2.75, 3.05) is 6.54 Å². The average molecular weight is 400 g/mol. The Kier molecular flexibility index (Phi) is 5.79. The van der Waals surface area contributed by atoms with Crippen LogP contribution in [0.2, 0.25) is 0 Å². The van der Waals surface area contributed by atoms with Crippen molar-refractivity contribution in [3.63, 3.8) is 0 Å². The highest BCUT2D eigenvalue weighted by molar-refractivity contribution is 9.11. The molecule has 7 heteroatoms. The van der Waals surface area contributed by atoms with Crippen LogP contribution in [0, 0.1) is 6.92 Å². The summed E-state index contributed by atoms with van der Waals surface area (Å²) in [5.74, 6) is 0. The van der Waals surface area contributed by atoms with E-state index in [1.165, 1.54) is 0 Å². The molecule has 0 spiro atoms. The van der Waals surface area contributed by atoms with Crippen molar-refractivity contribution in [2.24, 2.45) is 5.73 Å². The molecule has 0 heterocycles. The first-order valence-electron chi connectivity index (χ1n) is 5.48. The highest BCUT2D eigenvalue weighted by Crippen LogP contribution is 2.28. The maximum Gasteiger partial charge on any atom is 0.241 e. The van der Waals surface area contributed by atoms with Crippen LogP contribution in [0.3, 0.4) is 0 Å². The van der Waals surface area contributed by atoms with Crippen molar-refractivity contribution in [1.29, 1.82) is 0 Å². The lowest BCUT2D eigenvalue weighted by molar-refractivity contribution is 0.563. The van der Waals surface area contributed by atoms with Crippen LogP contribution in [0.15, 0.2) is 26.0 Å². The first-order valence-corrected chi connectivity index (χ1v) is 8.55. The van der Waals surface area contributed by atoms with E-state index in [2.05, 4.69) is 36.6 Å². The molecule has 1 atom stereocenters. The first-order chi connectivity index (χ1) is 8.27. The summed E-state index contributed by atoms with van der Waals surface area (Å²) in [5.41, 5.74) is 6.67. The molecular formula is C11H16Br2N2O2S. The first kappa shape index (κ1) is 16.1. The molecule has 0 aliphatic heterocycles. The summed E-state index contributed by atoms with van der Waals surface area (Å²) in [6.07, 6.45) is 0.723. The minimum atomic E-state index is -3.54.